The van der Waals surface area contributed by atoms with Crippen molar-refractivity contribution in [3.63, 3.8) is 0 Å². The number of nitrogens with one attached hydrogen (secondary N) is 1. The number of rotatable bonds is 5. The number of halogens is 2. The van der Waals surface area contributed by atoms with Crippen molar-refractivity contribution in [3.05, 3.63) is 34.9 Å². The maximum absolute atomic E-state index is 13.5. The summed E-state index contributed by atoms with van der Waals surface area (Å²) in [7, 11) is 1.26. The lowest BCUT2D eigenvalue weighted by Crippen LogP contribution is -2.32. The fourth-order valence-electron chi connectivity index (χ4n) is 2.08. The van der Waals surface area contributed by atoms with Crippen LogP contribution in [0.25, 0.3) is 0 Å². The van der Waals surface area contributed by atoms with Crippen LogP contribution in [0.5, 0.6) is 0 Å². The summed E-state index contributed by atoms with van der Waals surface area (Å²) in [5.41, 5.74) is 0.124. The van der Waals surface area contributed by atoms with E-state index in [9.17, 15) is 18.4 Å². The van der Waals surface area contributed by atoms with Crippen molar-refractivity contribution in [1.82, 2.24) is 5.32 Å². The summed E-state index contributed by atoms with van der Waals surface area (Å²) >= 11 is 0. The average molecular weight is 343 g/mol. The van der Waals surface area contributed by atoms with E-state index in [1.54, 1.807) is 27.7 Å². The number of hydrogen-bond donors (Lipinski definition) is 1. The Kier molecular flexibility index (Phi) is 6.69. The minimum atomic E-state index is -1.02. The Morgan fingerprint density at radius 1 is 1.17 bits per heavy atom. The highest BCUT2D eigenvalue weighted by Crippen LogP contribution is 2.19. The maximum atomic E-state index is 13.5. The number of alkyl carbamates (subject to hydrolysis) is 1. The van der Waals surface area contributed by atoms with Crippen molar-refractivity contribution in [3.8, 4) is 0 Å². The van der Waals surface area contributed by atoms with Gasteiger partial charge in [-0.05, 0) is 50.5 Å². The molecule has 0 saturated heterocycles. The van der Waals surface area contributed by atoms with E-state index in [4.69, 9.17) is 4.74 Å². The minimum Gasteiger partial charge on any atom is -0.469 e. The summed E-state index contributed by atoms with van der Waals surface area (Å²) in [6.45, 7) is 6.72. The predicted molar refractivity (Wildman–Crippen MR) is 84.3 cm³/mol. The van der Waals surface area contributed by atoms with Crippen LogP contribution < -0.4 is 5.32 Å². The minimum absolute atomic E-state index is 0.0463. The average Bonchev–Trinajstić information content (AvgIpc) is 2.46. The van der Waals surface area contributed by atoms with Gasteiger partial charge in [0, 0.05) is 6.54 Å². The standard InChI is InChI=1S/C17H23F2NO4/c1-10(15(21)23-5)6-11-7-13(18)14(19)8-12(11)9-20-16(22)24-17(2,3)4/h7-8,10H,6,9H2,1-5H3,(H,20,22). The summed E-state index contributed by atoms with van der Waals surface area (Å²) in [5.74, 6) is -3.01. The quantitative estimate of drug-likeness (QED) is 0.833. The Bertz CT molecular complexity index is 611. The van der Waals surface area contributed by atoms with E-state index in [1.165, 1.54) is 7.11 Å². The van der Waals surface area contributed by atoms with E-state index in [0.717, 1.165) is 12.1 Å². The molecule has 5 nitrogen and oxygen atoms in total. The van der Waals surface area contributed by atoms with E-state index in [1.807, 2.05) is 0 Å². The summed E-state index contributed by atoms with van der Waals surface area (Å²) < 4.78 is 36.7. The van der Waals surface area contributed by atoms with Crippen LogP contribution in [0.4, 0.5) is 13.6 Å². The number of carbonyl (C=O) groups excluding carboxylic acids is 2. The van der Waals surface area contributed by atoms with E-state index < -0.39 is 35.2 Å². The Hall–Kier alpha value is -2.18. The number of carbonyl (C=O) groups is 2. The molecule has 1 N–H and O–H groups in total. The second-order valence-corrected chi connectivity index (χ2v) is 6.52. The Labute approximate surface area is 140 Å². The van der Waals surface area contributed by atoms with Crippen LogP contribution in [0.2, 0.25) is 0 Å². The molecule has 1 atom stereocenters. The third-order valence-electron chi connectivity index (χ3n) is 3.19. The van der Waals surface area contributed by atoms with Gasteiger partial charge in [0.25, 0.3) is 0 Å². The van der Waals surface area contributed by atoms with Gasteiger partial charge in [-0.25, -0.2) is 13.6 Å². The zero-order chi connectivity index (χ0) is 18.5. The van der Waals surface area contributed by atoms with Crippen molar-refractivity contribution >= 4 is 12.1 Å². The van der Waals surface area contributed by atoms with Crippen LogP contribution in [0.15, 0.2) is 12.1 Å². The van der Waals surface area contributed by atoms with Crippen molar-refractivity contribution in [2.24, 2.45) is 5.92 Å². The van der Waals surface area contributed by atoms with Crippen LogP contribution in [-0.2, 0) is 27.2 Å². The zero-order valence-electron chi connectivity index (χ0n) is 14.5. The lowest BCUT2D eigenvalue weighted by Gasteiger charge is -2.20. The zero-order valence-corrected chi connectivity index (χ0v) is 14.5. The normalized spacial score (nSPS) is 12.5. The Morgan fingerprint density at radius 3 is 2.21 bits per heavy atom. The molecule has 7 heteroatoms. The molecule has 134 valence electrons. The van der Waals surface area contributed by atoms with Crippen LogP contribution >= 0.6 is 0 Å². The fraction of sp³-hybridized carbons (Fsp3) is 0.529. The Morgan fingerprint density at radius 2 is 1.71 bits per heavy atom. The molecule has 0 heterocycles. The molecule has 1 aromatic carbocycles. The highest BCUT2D eigenvalue weighted by atomic mass is 19.2. The molecular weight excluding hydrogens is 320 g/mol. The van der Waals surface area contributed by atoms with Crippen molar-refractivity contribution < 1.29 is 27.8 Å². The highest BCUT2D eigenvalue weighted by Gasteiger charge is 2.20. The largest absolute Gasteiger partial charge is 0.469 e. The summed E-state index contributed by atoms with van der Waals surface area (Å²) in [4.78, 5) is 23.2. The van der Waals surface area contributed by atoms with Gasteiger partial charge in [0.15, 0.2) is 11.6 Å². The second kappa shape index (κ2) is 8.08. The van der Waals surface area contributed by atoms with Crippen molar-refractivity contribution in [2.75, 3.05) is 7.11 Å². The molecule has 0 bridgehead atoms. The van der Waals surface area contributed by atoms with Gasteiger partial charge in [0.2, 0.25) is 0 Å². The third kappa shape index (κ3) is 6.14. The van der Waals surface area contributed by atoms with Gasteiger partial charge in [0.1, 0.15) is 5.60 Å². The number of methoxy groups -OCH3 is 1. The molecular formula is C17H23F2NO4. The Balaban J connectivity index is 2.90. The van der Waals surface area contributed by atoms with Crippen LogP contribution in [0, 0.1) is 17.6 Å². The van der Waals surface area contributed by atoms with Crippen LogP contribution in [0.1, 0.15) is 38.8 Å². The highest BCUT2D eigenvalue weighted by molar-refractivity contribution is 5.72. The van der Waals surface area contributed by atoms with Gasteiger partial charge in [-0.1, -0.05) is 6.92 Å². The first-order valence-corrected chi connectivity index (χ1v) is 7.55. The van der Waals surface area contributed by atoms with Crippen molar-refractivity contribution in [1.29, 1.82) is 0 Å². The number of esters is 1. The first-order valence-electron chi connectivity index (χ1n) is 7.55. The molecule has 1 rings (SSSR count). The molecule has 0 aromatic heterocycles. The molecule has 0 fully saturated rings. The van der Waals surface area contributed by atoms with Gasteiger partial charge in [-0.3, -0.25) is 4.79 Å². The molecule has 1 amide bonds. The van der Waals surface area contributed by atoms with Gasteiger partial charge < -0.3 is 14.8 Å². The second-order valence-electron chi connectivity index (χ2n) is 6.52. The lowest BCUT2D eigenvalue weighted by molar-refractivity contribution is -0.144. The van der Waals surface area contributed by atoms with Crippen LogP contribution in [0.3, 0.4) is 0 Å². The van der Waals surface area contributed by atoms with E-state index in [0.29, 0.717) is 11.1 Å². The summed E-state index contributed by atoms with van der Waals surface area (Å²) in [6.07, 6.45) is -0.505. The fourth-order valence-corrected chi connectivity index (χ4v) is 2.08. The molecule has 0 aliphatic carbocycles. The summed E-state index contributed by atoms with van der Waals surface area (Å²) in [6, 6.07) is 2.03. The molecule has 1 aromatic rings. The van der Waals surface area contributed by atoms with E-state index >= 15 is 0 Å². The molecule has 0 aliphatic heterocycles. The molecule has 24 heavy (non-hydrogen) atoms. The van der Waals surface area contributed by atoms with Crippen LogP contribution in [-0.4, -0.2) is 24.8 Å². The lowest BCUT2D eigenvalue weighted by atomic mass is 9.96. The summed E-state index contributed by atoms with van der Waals surface area (Å²) in [5, 5.41) is 2.49. The number of ether oxygens (including phenoxy) is 2. The van der Waals surface area contributed by atoms with Crippen molar-refractivity contribution in [2.45, 2.75) is 46.3 Å². The van der Waals surface area contributed by atoms with Gasteiger partial charge in [-0.15, -0.1) is 0 Å². The first-order chi connectivity index (χ1) is 11.0. The maximum Gasteiger partial charge on any atom is 0.407 e. The van der Waals surface area contributed by atoms with Gasteiger partial charge in [0.05, 0.1) is 13.0 Å². The predicted octanol–water partition coefficient (Wildman–Crippen LogP) is 3.34. The first kappa shape index (κ1) is 19.9. The SMILES string of the molecule is COC(=O)C(C)Cc1cc(F)c(F)cc1CNC(=O)OC(C)(C)C. The topological polar surface area (TPSA) is 64.6 Å². The number of benzene rings is 1. The molecule has 0 saturated carbocycles. The molecule has 0 aliphatic rings. The van der Waals surface area contributed by atoms with Gasteiger partial charge in [-0.2, -0.15) is 0 Å². The van der Waals surface area contributed by atoms with E-state index in [-0.39, 0.29) is 13.0 Å². The smallest absolute Gasteiger partial charge is 0.407 e. The molecule has 0 spiro atoms. The monoisotopic (exact) mass is 343 g/mol. The van der Waals surface area contributed by atoms with E-state index in [2.05, 4.69) is 10.1 Å². The molecule has 1 unspecified atom stereocenters. The molecule has 0 radical (unpaired) electrons. The third-order valence-corrected chi connectivity index (χ3v) is 3.19. The number of amides is 1. The van der Waals surface area contributed by atoms with Gasteiger partial charge >= 0.3 is 12.1 Å². The number of hydrogen-bond acceptors (Lipinski definition) is 4.